The van der Waals surface area contributed by atoms with Gasteiger partial charge < -0.3 is 15.5 Å². The molecule has 0 unspecified atom stereocenters. The van der Waals surface area contributed by atoms with Crippen LogP contribution in [0.25, 0.3) is 10.4 Å². The third kappa shape index (κ3) is 4.79. The highest BCUT2D eigenvalue weighted by molar-refractivity contribution is 7.99. The summed E-state index contributed by atoms with van der Waals surface area (Å²) in [7, 11) is 0. The molecule has 1 aromatic carbocycles. The smallest absolute Gasteiger partial charge is 0.264 e. The first-order valence-electron chi connectivity index (χ1n) is 12.2. The second-order valence-electron chi connectivity index (χ2n) is 9.70. The van der Waals surface area contributed by atoms with Gasteiger partial charge in [-0.05, 0) is 92.3 Å². The zero-order valence-electron chi connectivity index (χ0n) is 19.1. The first-order valence-corrected chi connectivity index (χ1v) is 14.1. The fraction of sp³-hybridized carbons (Fsp3) is 0.577. The van der Waals surface area contributed by atoms with E-state index in [1.165, 1.54) is 66.3 Å². The van der Waals surface area contributed by atoms with Gasteiger partial charge in [-0.3, -0.25) is 4.79 Å². The Bertz CT molecular complexity index is 927. The van der Waals surface area contributed by atoms with Crippen LogP contribution in [-0.4, -0.2) is 65.5 Å². The highest BCUT2D eigenvalue weighted by Crippen LogP contribution is 2.35. The van der Waals surface area contributed by atoms with E-state index in [9.17, 15) is 4.79 Å². The zero-order valence-corrected chi connectivity index (χ0v) is 20.7. The highest BCUT2D eigenvalue weighted by Gasteiger charge is 2.28. The normalized spacial score (nSPS) is 23.7. The molecule has 5 rings (SSSR count). The van der Waals surface area contributed by atoms with Gasteiger partial charge >= 0.3 is 0 Å². The molecule has 0 radical (unpaired) electrons. The number of piperidine rings is 1. The van der Waals surface area contributed by atoms with Crippen molar-refractivity contribution >= 4 is 29.0 Å². The molecule has 1 amide bonds. The summed E-state index contributed by atoms with van der Waals surface area (Å²) < 4.78 is 0. The molecule has 3 aliphatic rings. The molecule has 3 saturated heterocycles. The molecule has 4 heterocycles. The Morgan fingerprint density at radius 2 is 1.72 bits per heavy atom. The SMILES string of the molecule is Cc1cc(-c2ccc(C3CCN(C4CCSCC4)CC3)cc2)sc1C(=O)N1CC[C@H](N)C1. The number of nitrogens with two attached hydrogens (primary N) is 1. The second kappa shape index (κ2) is 9.88. The van der Waals surface area contributed by atoms with Gasteiger partial charge in [-0.25, -0.2) is 0 Å². The number of aryl methyl sites for hydroxylation is 1. The molecule has 172 valence electrons. The van der Waals surface area contributed by atoms with E-state index < -0.39 is 0 Å². The van der Waals surface area contributed by atoms with Gasteiger partial charge in [0.15, 0.2) is 0 Å². The predicted molar refractivity (Wildman–Crippen MR) is 137 cm³/mol. The molecular weight excluding hydrogens is 434 g/mol. The van der Waals surface area contributed by atoms with Crippen LogP contribution in [0.5, 0.6) is 0 Å². The molecular formula is C26H35N3OS2. The first-order chi connectivity index (χ1) is 15.6. The van der Waals surface area contributed by atoms with E-state index >= 15 is 0 Å². The van der Waals surface area contributed by atoms with Gasteiger partial charge in [0.1, 0.15) is 0 Å². The molecule has 0 bridgehead atoms. The van der Waals surface area contributed by atoms with Crippen LogP contribution in [-0.2, 0) is 0 Å². The molecule has 3 fully saturated rings. The second-order valence-corrected chi connectivity index (χ2v) is 12.0. The molecule has 0 saturated carbocycles. The van der Waals surface area contributed by atoms with Gasteiger partial charge in [-0.15, -0.1) is 11.3 Å². The van der Waals surface area contributed by atoms with E-state index in [-0.39, 0.29) is 11.9 Å². The van der Waals surface area contributed by atoms with Crippen molar-refractivity contribution in [3.8, 4) is 10.4 Å². The Morgan fingerprint density at radius 3 is 2.38 bits per heavy atom. The maximum atomic E-state index is 12.9. The van der Waals surface area contributed by atoms with E-state index in [4.69, 9.17) is 5.73 Å². The van der Waals surface area contributed by atoms with Crippen molar-refractivity contribution in [3.63, 3.8) is 0 Å². The van der Waals surface area contributed by atoms with Crippen molar-refractivity contribution in [1.29, 1.82) is 0 Å². The lowest BCUT2D eigenvalue weighted by atomic mass is 9.88. The maximum Gasteiger partial charge on any atom is 0.264 e. The van der Waals surface area contributed by atoms with Crippen LogP contribution in [0.4, 0.5) is 0 Å². The van der Waals surface area contributed by atoms with Crippen LogP contribution in [0, 0.1) is 6.92 Å². The molecule has 32 heavy (non-hydrogen) atoms. The number of carbonyl (C=O) groups is 1. The Morgan fingerprint density at radius 1 is 1.00 bits per heavy atom. The van der Waals surface area contributed by atoms with Crippen LogP contribution in [0.2, 0.25) is 0 Å². The number of amides is 1. The van der Waals surface area contributed by atoms with Crippen molar-refractivity contribution in [2.75, 3.05) is 37.7 Å². The molecule has 6 heteroatoms. The van der Waals surface area contributed by atoms with Crippen molar-refractivity contribution in [2.45, 2.75) is 57.0 Å². The van der Waals surface area contributed by atoms with Gasteiger partial charge in [0, 0.05) is 30.1 Å². The van der Waals surface area contributed by atoms with Gasteiger partial charge in [0.25, 0.3) is 5.91 Å². The molecule has 3 aliphatic heterocycles. The van der Waals surface area contributed by atoms with Crippen molar-refractivity contribution in [1.82, 2.24) is 9.80 Å². The summed E-state index contributed by atoms with van der Waals surface area (Å²) >= 11 is 3.74. The van der Waals surface area contributed by atoms with E-state index in [2.05, 4.69) is 53.9 Å². The van der Waals surface area contributed by atoms with E-state index in [1.54, 1.807) is 11.3 Å². The van der Waals surface area contributed by atoms with Gasteiger partial charge in [-0.1, -0.05) is 24.3 Å². The average Bonchev–Trinajstić information content (AvgIpc) is 3.45. The van der Waals surface area contributed by atoms with Crippen LogP contribution < -0.4 is 5.73 Å². The summed E-state index contributed by atoms with van der Waals surface area (Å²) in [6.45, 7) is 6.00. The summed E-state index contributed by atoms with van der Waals surface area (Å²) in [6, 6.07) is 12.3. The van der Waals surface area contributed by atoms with Crippen LogP contribution in [0.15, 0.2) is 30.3 Å². The Hall–Kier alpha value is -1.34. The maximum absolute atomic E-state index is 12.9. The Kier molecular flexibility index (Phi) is 6.93. The summed E-state index contributed by atoms with van der Waals surface area (Å²) in [5.41, 5.74) is 9.77. The van der Waals surface area contributed by atoms with Gasteiger partial charge in [-0.2, -0.15) is 11.8 Å². The van der Waals surface area contributed by atoms with Crippen LogP contribution in [0.3, 0.4) is 0 Å². The summed E-state index contributed by atoms with van der Waals surface area (Å²) in [5, 5.41) is 0. The number of thiophene rings is 1. The standard InChI is InChI=1S/C26H35N3OS2/c1-18-16-24(32-25(18)26(30)29-13-8-22(27)17-29)21-4-2-19(3-5-21)20-6-11-28(12-7-20)23-9-14-31-15-10-23/h2-5,16,20,22-23H,6-15,17,27H2,1H3/t22-/m0/s1. The Balaban J connectivity index is 1.22. The number of carbonyl (C=O) groups excluding carboxylic acids is 1. The number of thioether (sulfide) groups is 1. The fourth-order valence-corrected chi connectivity index (χ4v) is 7.75. The lowest BCUT2D eigenvalue weighted by Gasteiger charge is -2.39. The predicted octanol–water partition coefficient (Wildman–Crippen LogP) is 4.97. The highest BCUT2D eigenvalue weighted by atomic mass is 32.2. The molecule has 2 aromatic rings. The van der Waals surface area contributed by atoms with Crippen LogP contribution in [0.1, 0.15) is 58.8 Å². The summed E-state index contributed by atoms with van der Waals surface area (Å²) in [5.74, 6) is 3.51. The largest absolute Gasteiger partial charge is 0.336 e. The third-order valence-electron chi connectivity index (χ3n) is 7.53. The lowest BCUT2D eigenvalue weighted by molar-refractivity contribution is 0.0795. The lowest BCUT2D eigenvalue weighted by Crippen LogP contribution is -2.42. The average molecular weight is 470 g/mol. The topological polar surface area (TPSA) is 49.6 Å². The van der Waals surface area contributed by atoms with E-state index in [1.807, 2.05) is 4.90 Å². The molecule has 0 aliphatic carbocycles. The number of hydrogen-bond acceptors (Lipinski definition) is 5. The minimum absolute atomic E-state index is 0.125. The third-order valence-corrected chi connectivity index (χ3v) is 9.85. The van der Waals surface area contributed by atoms with Gasteiger partial charge in [0.2, 0.25) is 0 Å². The van der Waals surface area contributed by atoms with Crippen molar-refractivity contribution in [2.24, 2.45) is 5.73 Å². The van der Waals surface area contributed by atoms with Gasteiger partial charge in [0.05, 0.1) is 4.88 Å². The minimum Gasteiger partial charge on any atom is -0.336 e. The molecule has 1 aromatic heterocycles. The van der Waals surface area contributed by atoms with Crippen molar-refractivity contribution in [3.05, 3.63) is 46.3 Å². The molecule has 0 spiro atoms. The zero-order chi connectivity index (χ0) is 22.1. The number of hydrogen-bond donors (Lipinski definition) is 1. The number of rotatable bonds is 4. The molecule has 4 nitrogen and oxygen atoms in total. The fourth-order valence-electron chi connectivity index (χ4n) is 5.52. The monoisotopic (exact) mass is 469 g/mol. The number of benzene rings is 1. The molecule has 2 N–H and O–H groups in total. The number of likely N-dealkylation sites (tertiary alicyclic amines) is 2. The Labute approximate surface area is 200 Å². The number of nitrogens with zero attached hydrogens (tertiary/aromatic N) is 2. The minimum atomic E-state index is 0.125. The molecule has 1 atom stereocenters. The van der Waals surface area contributed by atoms with Crippen LogP contribution >= 0.6 is 23.1 Å². The van der Waals surface area contributed by atoms with Crippen molar-refractivity contribution < 1.29 is 4.79 Å². The van der Waals surface area contributed by atoms with E-state index in [0.29, 0.717) is 12.5 Å². The first kappa shape index (κ1) is 22.5. The van der Waals surface area contributed by atoms with E-state index in [0.717, 1.165) is 29.4 Å². The summed E-state index contributed by atoms with van der Waals surface area (Å²) in [4.78, 5) is 19.7. The quantitative estimate of drug-likeness (QED) is 0.687. The summed E-state index contributed by atoms with van der Waals surface area (Å²) in [6.07, 6.45) is 6.21.